The van der Waals surface area contributed by atoms with Crippen LogP contribution in [0.5, 0.6) is 0 Å². The third-order valence-electron chi connectivity index (χ3n) is 2.17. The maximum atomic E-state index is 12.9. The number of nitrogens with zero attached hydrogens (tertiary/aromatic N) is 1. The van der Waals surface area contributed by atoms with Crippen LogP contribution in [-0.4, -0.2) is 23.3 Å². The minimum atomic E-state index is -0.438. The average Bonchev–Trinajstić information content (AvgIpc) is 2.90. The summed E-state index contributed by atoms with van der Waals surface area (Å²) < 4.78 is 12.9. The van der Waals surface area contributed by atoms with Gasteiger partial charge in [-0.25, -0.2) is 4.39 Å². The van der Waals surface area contributed by atoms with Crippen molar-refractivity contribution in [2.75, 3.05) is 11.9 Å². The Balaban J connectivity index is 1.83. The Morgan fingerprint density at radius 2 is 2.21 bits per heavy atom. The van der Waals surface area contributed by atoms with Crippen LogP contribution in [-0.2, 0) is 4.79 Å². The number of carbonyl (C=O) groups excluding carboxylic acids is 2. The molecule has 0 bridgehead atoms. The molecule has 5 nitrogen and oxygen atoms in total. The molecule has 0 radical (unpaired) electrons. The van der Waals surface area contributed by atoms with E-state index in [1.165, 1.54) is 41.2 Å². The third-order valence-corrected chi connectivity index (χ3v) is 2.95. The SMILES string of the molecule is O=C(CNC(=O)c1cncs1)Nc1cccc(F)c1. The van der Waals surface area contributed by atoms with Gasteiger partial charge in [0.05, 0.1) is 18.3 Å². The molecular formula is C12H10FN3O2S. The number of hydrogen-bond donors (Lipinski definition) is 2. The largest absolute Gasteiger partial charge is 0.342 e. The average molecular weight is 279 g/mol. The fraction of sp³-hybridized carbons (Fsp3) is 0.0833. The summed E-state index contributed by atoms with van der Waals surface area (Å²) >= 11 is 1.18. The predicted octanol–water partition coefficient (Wildman–Crippen LogP) is 1.65. The molecule has 0 aliphatic rings. The lowest BCUT2D eigenvalue weighted by Gasteiger charge is -2.06. The fourth-order valence-electron chi connectivity index (χ4n) is 1.35. The molecule has 0 spiro atoms. The number of aromatic nitrogens is 1. The number of thiazole rings is 1. The summed E-state index contributed by atoms with van der Waals surface area (Å²) in [6, 6.07) is 5.52. The van der Waals surface area contributed by atoms with E-state index in [1.807, 2.05) is 0 Å². The number of benzene rings is 1. The molecule has 0 aliphatic carbocycles. The highest BCUT2D eigenvalue weighted by Gasteiger charge is 2.09. The molecule has 0 aliphatic heterocycles. The molecule has 1 heterocycles. The van der Waals surface area contributed by atoms with Gasteiger partial charge in [0.25, 0.3) is 5.91 Å². The zero-order valence-electron chi connectivity index (χ0n) is 9.72. The van der Waals surface area contributed by atoms with Crippen LogP contribution in [0, 0.1) is 5.82 Å². The monoisotopic (exact) mass is 279 g/mol. The van der Waals surface area contributed by atoms with Gasteiger partial charge < -0.3 is 10.6 Å². The molecule has 2 rings (SSSR count). The molecular weight excluding hydrogens is 269 g/mol. The van der Waals surface area contributed by atoms with Crippen LogP contribution in [0.1, 0.15) is 9.67 Å². The quantitative estimate of drug-likeness (QED) is 0.894. The van der Waals surface area contributed by atoms with Crippen LogP contribution >= 0.6 is 11.3 Å². The van der Waals surface area contributed by atoms with Gasteiger partial charge in [0.1, 0.15) is 10.7 Å². The first-order chi connectivity index (χ1) is 9.15. The Kier molecular flexibility index (Phi) is 4.19. The standard InChI is InChI=1S/C12H10FN3O2S/c13-8-2-1-3-9(4-8)16-11(17)6-15-12(18)10-5-14-7-19-10/h1-5,7H,6H2,(H,15,18)(H,16,17). The first-order valence-electron chi connectivity index (χ1n) is 5.37. The Bertz CT molecular complexity index is 586. The minimum Gasteiger partial charge on any atom is -0.342 e. The van der Waals surface area contributed by atoms with Crippen molar-refractivity contribution < 1.29 is 14.0 Å². The van der Waals surface area contributed by atoms with Crippen molar-refractivity contribution in [3.63, 3.8) is 0 Å². The molecule has 0 saturated carbocycles. The lowest BCUT2D eigenvalue weighted by Crippen LogP contribution is -2.32. The molecule has 1 aromatic carbocycles. The molecule has 7 heteroatoms. The van der Waals surface area contributed by atoms with Crippen LogP contribution in [0.15, 0.2) is 36.0 Å². The number of nitrogens with one attached hydrogen (secondary N) is 2. The molecule has 19 heavy (non-hydrogen) atoms. The molecule has 2 N–H and O–H groups in total. The predicted molar refractivity (Wildman–Crippen MR) is 69.5 cm³/mol. The maximum absolute atomic E-state index is 12.9. The van der Waals surface area contributed by atoms with Gasteiger partial charge >= 0.3 is 0 Å². The zero-order chi connectivity index (χ0) is 13.7. The second-order valence-corrected chi connectivity index (χ2v) is 4.49. The van der Waals surface area contributed by atoms with E-state index in [0.29, 0.717) is 10.6 Å². The number of hydrogen-bond acceptors (Lipinski definition) is 4. The van der Waals surface area contributed by atoms with E-state index in [4.69, 9.17) is 0 Å². The second kappa shape index (κ2) is 6.05. The van der Waals surface area contributed by atoms with E-state index in [9.17, 15) is 14.0 Å². The Labute approximate surface area is 112 Å². The highest BCUT2D eigenvalue weighted by atomic mass is 32.1. The maximum Gasteiger partial charge on any atom is 0.263 e. The third kappa shape index (κ3) is 3.85. The topological polar surface area (TPSA) is 71.1 Å². The second-order valence-electron chi connectivity index (χ2n) is 3.61. The molecule has 0 saturated heterocycles. The minimum absolute atomic E-state index is 0.187. The van der Waals surface area contributed by atoms with E-state index in [-0.39, 0.29) is 12.5 Å². The zero-order valence-corrected chi connectivity index (χ0v) is 10.5. The van der Waals surface area contributed by atoms with Gasteiger partial charge in [0, 0.05) is 5.69 Å². The van der Waals surface area contributed by atoms with E-state index >= 15 is 0 Å². The number of carbonyl (C=O) groups is 2. The summed E-state index contributed by atoms with van der Waals surface area (Å²) in [6.07, 6.45) is 1.42. The lowest BCUT2D eigenvalue weighted by molar-refractivity contribution is -0.115. The molecule has 0 fully saturated rings. The smallest absolute Gasteiger partial charge is 0.263 e. The molecule has 2 amide bonds. The van der Waals surface area contributed by atoms with E-state index in [2.05, 4.69) is 15.6 Å². The summed E-state index contributed by atoms with van der Waals surface area (Å²) in [5.74, 6) is -1.23. The number of anilines is 1. The highest BCUT2D eigenvalue weighted by molar-refractivity contribution is 7.11. The fourth-order valence-corrected chi connectivity index (χ4v) is 1.88. The van der Waals surface area contributed by atoms with E-state index in [0.717, 1.165) is 0 Å². The first kappa shape index (κ1) is 13.2. The molecule has 2 aromatic rings. The first-order valence-corrected chi connectivity index (χ1v) is 6.25. The van der Waals surface area contributed by atoms with Crippen molar-refractivity contribution in [2.24, 2.45) is 0 Å². The summed E-state index contributed by atoms with van der Waals surface area (Å²) in [7, 11) is 0. The van der Waals surface area contributed by atoms with E-state index < -0.39 is 11.7 Å². The van der Waals surface area contributed by atoms with Crippen molar-refractivity contribution in [3.8, 4) is 0 Å². The Hall–Kier alpha value is -2.28. The number of rotatable bonds is 4. The van der Waals surface area contributed by atoms with Gasteiger partial charge in [-0.3, -0.25) is 14.6 Å². The molecule has 98 valence electrons. The van der Waals surface area contributed by atoms with Crippen molar-refractivity contribution in [3.05, 3.63) is 46.7 Å². The van der Waals surface area contributed by atoms with Gasteiger partial charge in [-0.15, -0.1) is 11.3 Å². The van der Waals surface area contributed by atoms with Crippen molar-refractivity contribution in [2.45, 2.75) is 0 Å². The van der Waals surface area contributed by atoms with Crippen molar-refractivity contribution in [1.82, 2.24) is 10.3 Å². The molecule has 0 unspecified atom stereocenters. The van der Waals surface area contributed by atoms with Gasteiger partial charge in [-0.05, 0) is 18.2 Å². The molecule has 0 atom stereocenters. The van der Waals surface area contributed by atoms with Gasteiger partial charge in [-0.2, -0.15) is 0 Å². The van der Waals surface area contributed by atoms with Crippen LogP contribution < -0.4 is 10.6 Å². The van der Waals surface area contributed by atoms with Gasteiger partial charge in [0.2, 0.25) is 5.91 Å². The number of amides is 2. The molecule has 1 aromatic heterocycles. The summed E-state index contributed by atoms with van der Waals surface area (Å²) in [5.41, 5.74) is 1.87. The van der Waals surface area contributed by atoms with Crippen LogP contribution in [0.2, 0.25) is 0 Å². The van der Waals surface area contributed by atoms with E-state index in [1.54, 1.807) is 6.07 Å². The summed E-state index contributed by atoms with van der Waals surface area (Å²) in [4.78, 5) is 27.3. The Morgan fingerprint density at radius 1 is 1.37 bits per heavy atom. The van der Waals surface area contributed by atoms with Crippen molar-refractivity contribution >= 4 is 28.8 Å². The van der Waals surface area contributed by atoms with Crippen molar-refractivity contribution in [1.29, 1.82) is 0 Å². The lowest BCUT2D eigenvalue weighted by atomic mass is 10.3. The normalized spacial score (nSPS) is 9.95. The number of halogens is 1. The summed E-state index contributed by atoms with van der Waals surface area (Å²) in [5, 5.41) is 4.92. The Morgan fingerprint density at radius 3 is 2.89 bits per heavy atom. The summed E-state index contributed by atoms with van der Waals surface area (Å²) in [6.45, 7) is -0.187. The van der Waals surface area contributed by atoms with Crippen LogP contribution in [0.4, 0.5) is 10.1 Å². The highest BCUT2D eigenvalue weighted by Crippen LogP contribution is 2.08. The van der Waals surface area contributed by atoms with Gasteiger partial charge in [0.15, 0.2) is 0 Å². The van der Waals surface area contributed by atoms with Gasteiger partial charge in [-0.1, -0.05) is 6.07 Å². The van der Waals surface area contributed by atoms with Crippen LogP contribution in [0.25, 0.3) is 0 Å². The van der Waals surface area contributed by atoms with Crippen LogP contribution in [0.3, 0.4) is 0 Å².